The molecule has 25 heavy (non-hydrogen) atoms. The second kappa shape index (κ2) is 6.44. The van der Waals surface area contributed by atoms with Gasteiger partial charge in [0.15, 0.2) is 9.84 Å². The number of sulfone groups is 1. The first-order valence-corrected chi connectivity index (χ1v) is 10.4. The highest BCUT2D eigenvalue weighted by molar-refractivity contribution is 7.90. The summed E-state index contributed by atoms with van der Waals surface area (Å²) >= 11 is 0. The molecule has 0 radical (unpaired) electrons. The molecule has 1 aromatic carbocycles. The van der Waals surface area contributed by atoms with Crippen molar-refractivity contribution in [3.63, 3.8) is 0 Å². The summed E-state index contributed by atoms with van der Waals surface area (Å²) < 4.78 is 23.4. The first-order valence-electron chi connectivity index (χ1n) is 8.48. The van der Waals surface area contributed by atoms with Crippen LogP contribution in [0.5, 0.6) is 0 Å². The number of likely N-dealkylation sites (tertiary alicyclic amines) is 1. The van der Waals surface area contributed by atoms with Gasteiger partial charge in [-0.3, -0.25) is 9.59 Å². The Kier molecular flexibility index (Phi) is 4.62. The first kappa shape index (κ1) is 17.9. The van der Waals surface area contributed by atoms with Gasteiger partial charge >= 0.3 is 0 Å². The number of hydrogen-bond donors (Lipinski definition) is 0. The van der Waals surface area contributed by atoms with E-state index in [2.05, 4.69) is 0 Å². The zero-order chi connectivity index (χ0) is 18.4. The minimum absolute atomic E-state index is 0.0867. The van der Waals surface area contributed by atoms with Crippen molar-refractivity contribution in [2.45, 2.75) is 30.2 Å². The zero-order valence-electron chi connectivity index (χ0n) is 14.8. The molecule has 136 valence electrons. The molecule has 1 aliphatic heterocycles. The fourth-order valence-electron chi connectivity index (χ4n) is 4.03. The third-order valence-electron chi connectivity index (χ3n) is 5.56. The molecule has 2 aliphatic rings. The van der Waals surface area contributed by atoms with E-state index >= 15 is 0 Å². The molecule has 1 aromatic rings. The van der Waals surface area contributed by atoms with Gasteiger partial charge in [-0.05, 0) is 42.9 Å². The Labute approximate surface area is 148 Å². The number of rotatable bonds is 3. The smallest absolute Gasteiger partial charge is 0.253 e. The largest absolute Gasteiger partial charge is 0.345 e. The second-order valence-corrected chi connectivity index (χ2v) is 9.36. The molecule has 3 atom stereocenters. The number of piperidine rings is 1. The van der Waals surface area contributed by atoms with Gasteiger partial charge in [0.1, 0.15) is 0 Å². The minimum atomic E-state index is -3.35. The van der Waals surface area contributed by atoms with E-state index in [9.17, 15) is 18.0 Å². The molecule has 2 fully saturated rings. The number of nitrogens with zero attached hydrogens (tertiary/aromatic N) is 2. The standard InChI is InChI=1S/C18H24N2O4S/c1-19-11-14-8-15(7-13(14)10-17(19)21)20(2)18(22)12-5-4-6-16(9-12)25(3,23)24/h4-6,9,13-15H,7-8,10-11H2,1-3H3/t13-,14+,15-/m1/s1. The summed E-state index contributed by atoms with van der Waals surface area (Å²) in [6.07, 6.45) is 3.41. The third-order valence-corrected chi connectivity index (χ3v) is 6.67. The molecule has 7 heteroatoms. The molecule has 1 heterocycles. The Morgan fingerprint density at radius 3 is 2.60 bits per heavy atom. The van der Waals surface area contributed by atoms with E-state index in [1.54, 1.807) is 29.0 Å². The lowest BCUT2D eigenvalue weighted by atomic mass is 9.88. The Hall–Kier alpha value is -1.89. The van der Waals surface area contributed by atoms with Crippen LogP contribution in [0.1, 0.15) is 29.6 Å². The van der Waals surface area contributed by atoms with Crippen molar-refractivity contribution in [1.29, 1.82) is 0 Å². The monoisotopic (exact) mass is 364 g/mol. The van der Waals surface area contributed by atoms with Crippen LogP contribution in [0.2, 0.25) is 0 Å². The van der Waals surface area contributed by atoms with E-state index < -0.39 is 9.84 Å². The molecule has 0 bridgehead atoms. The third kappa shape index (κ3) is 3.56. The summed E-state index contributed by atoms with van der Waals surface area (Å²) in [5.74, 6) is 0.780. The number of carbonyl (C=O) groups is 2. The molecule has 1 saturated heterocycles. The lowest BCUT2D eigenvalue weighted by Crippen LogP contribution is -2.39. The van der Waals surface area contributed by atoms with Crippen LogP contribution in [0, 0.1) is 11.8 Å². The highest BCUT2D eigenvalue weighted by Gasteiger charge is 2.42. The van der Waals surface area contributed by atoms with Crippen LogP contribution in [0.25, 0.3) is 0 Å². The van der Waals surface area contributed by atoms with Crippen LogP contribution in [0.3, 0.4) is 0 Å². The van der Waals surface area contributed by atoms with Crippen molar-refractivity contribution >= 4 is 21.7 Å². The molecule has 0 aromatic heterocycles. The molecule has 1 aliphatic carbocycles. The maximum absolute atomic E-state index is 12.8. The molecule has 3 rings (SSSR count). The van der Waals surface area contributed by atoms with Gasteiger partial charge in [-0.1, -0.05) is 6.07 Å². The first-order chi connectivity index (χ1) is 11.7. The summed E-state index contributed by atoms with van der Waals surface area (Å²) in [5, 5.41) is 0. The van der Waals surface area contributed by atoms with Crippen molar-refractivity contribution in [3.05, 3.63) is 29.8 Å². The molecule has 6 nitrogen and oxygen atoms in total. The number of benzene rings is 1. The number of hydrogen-bond acceptors (Lipinski definition) is 4. The van der Waals surface area contributed by atoms with Crippen LogP contribution < -0.4 is 0 Å². The van der Waals surface area contributed by atoms with Gasteiger partial charge in [-0.25, -0.2) is 8.42 Å². The average molecular weight is 364 g/mol. The zero-order valence-corrected chi connectivity index (χ0v) is 15.6. The normalized spacial score (nSPS) is 26.4. The summed E-state index contributed by atoms with van der Waals surface area (Å²) in [4.78, 5) is 28.3. The number of fused-ring (bicyclic) bond motifs is 1. The predicted molar refractivity (Wildman–Crippen MR) is 93.9 cm³/mol. The summed E-state index contributed by atoms with van der Waals surface area (Å²) in [6.45, 7) is 0.756. The molecule has 1 saturated carbocycles. The van der Waals surface area contributed by atoms with Crippen LogP contribution in [-0.2, 0) is 14.6 Å². The van der Waals surface area contributed by atoms with E-state index in [1.807, 2.05) is 7.05 Å². The fraction of sp³-hybridized carbons (Fsp3) is 0.556. The van der Waals surface area contributed by atoms with Gasteiger partial charge in [-0.15, -0.1) is 0 Å². The minimum Gasteiger partial charge on any atom is -0.345 e. The van der Waals surface area contributed by atoms with E-state index in [0.717, 1.165) is 25.6 Å². The van der Waals surface area contributed by atoms with Gasteiger partial charge in [0.05, 0.1) is 4.90 Å². The maximum atomic E-state index is 12.8. The van der Waals surface area contributed by atoms with Crippen molar-refractivity contribution < 1.29 is 18.0 Å². The Bertz CT molecular complexity index is 805. The van der Waals surface area contributed by atoms with E-state index in [0.29, 0.717) is 23.8 Å². The summed E-state index contributed by atoms with van der Waals surface area (Å²) in [7, 11) is 0.251. The SMILES string of the molecule is CN1C[C@@H]2C[C@H](N(C)C(=O)c3cccc(S(C)(=O)=O)c3)C[C@@H]2CC1=O. The van der Waals surface area contributed by atoms with Crippen LogP contribution >= 0.6 is 0 Å². The Balaban J connectivity index is 1.75. The Morgan fingerprint density at radius 1 is 1.24 bits per heavy atom. The van der Waals surface area contributed by atoms with E-state index in [-0.39, 0.29) is 22.8 Å². The highest BCUT2D eigenvalue weighted by atomic mass is 32.2. The van der Waals surface area contributed by atoms with Gasteiger partial charge in [0.25, 0.3) is 5.91 Å². The van der Waals surface area contributed by atoms with Crippen molar-refractivity contribution in [2.24, 2.45) is 11.8 Å². The summed E-state index contributed by atoms with van der Waals surface area (Å²) in [6, 6.07) is 6.26. The topological polar surface area (TPSA) is 74.8 Å². The molecule has 2 amide bonds. The molecule has 0 unspecified atom stereocenters. The fourth-order valence-corrected chi connectivity index (χ4v) is 4.70. The maximum Gasteiger partial charge on any atom is 0.253 e. The lowest BCUT2D eigenvalue weighted by molar-refractivity contribution is -0.134. The van der Waals surface area contributed by atoms with Crippen LogP contribution in [-0.4, -0.2) is 63.0 Å². The molecular weight excluding hydrogens is 340 g/mol. The Morgan fingerprint density at radius 2 is 1.92 bits per heavy atom. The second-order valence-electron chi connectivity index (χ2n) is 7.34. The lowest BCUT2D eigenvalue weighted by Gasteiger charge is -2.31. The predicted octanol–water partition coefficient (Wildman–Crippen LogP) is 1.42. The van der Waals surface area contributed by atoms with Crippen LogP contribution in [0.4, 0.5) is 0 Å². The molecular formula is C18H24N2O4S. The molecule has 0 spiro atoms. The van der Waals surface area contributed by atoms with Gasteiger partial charge in [0.2, 0.25) is 5.91 Å². The number of amides is 2. The number of carbonyl (C=O) groups excluding carboxylic acids is 2. The molecule has 0 N–H and O–H groups in total. The summed E-state index contributed by atoms with van der Waals surface area (Å²) in [5.41, 5.74) is 0.383. The van der Waals surface area contributed by atoms with Gasteiger partial charge < -0.3 is 9.80 Å². The van der Waals surface area contributed by atoms with Crippen molar-refractivity contribution in [1.82, 2.24) is 9.80 Å². The van der Waals surface area contributed by atoms with Crippen LogP contribution in [0.15, 0.2) is 29.2 Å². The average Bonchev–Trinajstić information content (AvgIpc) is 2.96. The van der Waals surface area contributed by atoms with Crippen molar-refractivity contribution in [2.75, 3.05) is 26.9 Å². The quantitative estimate of drug-likeness (QED) is 0.813. The van der Waals surface area contributed by atoms with E-state index in [1.165, 1.54) is 12.1 Å². The van der Waals surface area contributed by atoms with Crippen molar-refractivity contribution in [3.8, 4) is 0 Å². The van der Waals surface area contributed by atoms with E-state index in [4.69, 9.17) is 0 Å². The van der Waals surface area contributed by atoms with Gasteiger partial charge in [-0.2, -0.15) is 0 Å². The van der Waals surface area contributed by atoms with Gasteiger partial charge in [0, 0.05) is 44.9 Å². The highest BCUT2D eigenvalue weighted by Crippen LogP contribution is 2.40.